The number of hydrogen-bond donors (Lipinski definition) is 1. The summed E-state index contributed by atoms with van der Waals surface area (Å²) in [6.07, 6.45) is 0.519. The van der Waals surface area contributed by atoms with E-state index in [0.29, 0.717) is 23.0 Å². The van der Waals surface area contributed by atoms with E-state index in [1.165, 1.54) is 11.1 Å². The first-order valence-corrected chi connectivity index (χ1v) is 11.9. The van der Waals surface area contributed by atoms with Crippen LogP contribution in [0.25, 0.3) is 0 Å². The third kappa shape index (κ3) is 7.22. The predicted octanol–water partition coefficient (Wildman–Crippen LogP) is 5.48. The van der Waals surface area contributed by atoms with Crippen LogP contribution >= 0.6 is 35.0 Å². The summed E-state index contributed by atoms with van der Waals surface area (Å²) in [5.74, 6) is 0.785. The fourth-order valence-corrected chi connectivity index (χ4v) is 4.41. The lowest BCUT2D eigenvalue weighted by Gasteiger charge is -2.30. The normalized spacial score (nSPS) is 11.8. The quantitative estimate of drug-likeness (QED) is 0.504. The second-order valence-electron chi connectivity index (χ2n) is 7.05. The summed E-state index contributed by atoms with van der Waals surface area (Å²) < 4.78 is 0. The van der Waals surface area contributed by atoms with Gasteiger partial charge in [-0.05, 0) is 43.5 Å². The van der Waals surface area contributed by atoms with Gasteiger partial charge >= 0.3 is 0 Å². The lowest BCUT2D eigenvalue weighted by molar-refractivity contribution is -0.139. The molecule has 2 amide bonds. The van der Waals surface area contributed by atoms with Crippen LogP contribution in [0.2, 0.25) is 10.0 Å². The van der Waals surface area contributed by atoms with E-state index in [2.05, 4.69) is 29.6 Å². The molecular weight excluding hydrogens is 439 g/mol. The molecule has 30 heavy (non-hydrogen) atoms. The molecule has 0 saturated carbocycles. The van der Waals surface area contributed by atoms with Crippen molar-refractivity contribution in [1.29, 1.82) is 0 Å². The molecule has 2 aromatic rings. The molecule has 2 rings (SSSR count). The molecule has 0 bridgehead atoms. The predicted molar refractivity (Wildman–Crippen MR) is 127 cm³/mol. The Balaban J connectivity index is 2.14. The van der Waals surface area contributed by atoms with E-state index in [4.69, 9.17) is 23.2 Å². The Bertz CT molecular complexity index is 859. The Morgan fingerprint density at radius 1 is 1.10 bits per heavy atom. The van der Waals surface area contributed by atoms with Crippen LogP contribution in [-0.2, 0) is 21.9 Å². The number of likely N-dealkylation sites (N-methyl/N-ethyl adjacent to an activating group) is 1. The van der Waals surface area contributed by atoms with Crippen LogP contribution in [0.3, 0.4) is 0 Å². The maximum Gasteiger partial charge on any atom is 0.242 e. The minimum Gasteiger partial charge on any atom is -0.355 e. The van der Waals surface area contributed by atoms with E-state index in [0.717, 1.165) is 11.3 Å². The molecule has 0 aliphatic heterocycles. The Hall–Kier alpha value is -1.69. The third-order valence-corrected chi connectivity index (χ3v) is 6.28. The summed E-state index contributed by atoms with van der Waals surface area (Å²) in [6, 6.07) is 12.9. The number of halogens is 2. The molecule has 0 spiro atoms. The molecule has 0 fully saturated rings. The van der Waals surface area contributed by atoms with Crippen molar-refractivity contribution in [2.45, 2.75) is 45.5 Å². The summed E-state index contributed by atoms with van der Waals surface area (Å²) in [7, 11) is 0. The lowest BCUT2D eigenvalue weighted by Crippen LogP contribution is -2.49. The van der Waals surface area contributed by atoms with Gasteiger partial charge in [0.1, 0.15) is 6.04 Å². The largest absolute Gasteiger partial charge is 0.355 e. The molecule has 1 atom stereocenters. The Morgan fingerprint density at radius 3 is 2.40 bits per heavy atom. The van der Waals surface area contributed by atoms with Gasteiger partial charge in [-0.2, -0.15) is 0 Å². The molecule has 0 aliphatic carbocycles. The van der Waals surface area contributed by atoms with Gasteiger partial charge in [-0.3, -0.25) is 9.59 Å². The smallest absolute Gasteiger partial charge is 0.242 e. The number of thioether (sulfide) groups is 1. The molecule has 1 unspecified atom stereocenters. The summed E-state index contributed by atoms with van der Waals surface area (Å²) >= 11 is 13.9. The highest BCUT2D eigenvalue weighted by atomic mass is 35.5. The zero-order valence-corrected chi connectivity index (χ0v) is 19.9. The van der Waals surface area contributed by atoms with Gasteiger partial charge in [-0.15, -0.1) is 11.8 Å². The maximum atomic E-state index is 13.1. The molecule has 4 nitrogen and oxygen atoms in total. The van der Waals surface area contributed by atoms with Crippen LogP contribution in [0.5, 0.6) is 0 Å². The van der Waals surface area contributed by atoms with E-state index < -0.39 is 6.04 Å². The van der Waals surface area contributed by atoms with Crippen LogP contribution in [0, 0.1) is 6.92 Å². The topological polar surface area (TPSA) is 49.4 Å². The summed E-state index contributed by atoms with van der Waals surface area (Å²) in [5.41, 5.74) is 3.14. The number of rotatable bonds is 10. The molecule has 1 N–H and O–H groups in total. The van der Waals surface area contributed by atoms with Crippen molar-refractivity contribution in [2.75, 3.05) is 12.3 Å². The molecule has 0 radical (unpaired) electrons. The van der Waals surface area contributed by atoms with E-state index >= 15 is 0 Å². The number of nitrogens with zero attached hydrogens (tertiary/aromatic N) is 1. The average Bonchev–Trinajstić information content (AvgIpc) is 2.71. The van der Waals surface area contributed by atoms with Crippen LogP contribution in [0.15, 0.2) is 42.5 Å². The Morgan fingerprint density at radius 2 is 1.80 bits per heavy atom. The van der Waals surface area contributed by atoms with Gasteiger partial charge in [-0.25, -0.2) is 0 Å². The first-order chi connectivity index (χ1) is 14.3. The van der Waals surface area contributed by atoms with Gasteiger partial charge in [0.25, 0.3) is 0 Å². The number of hydrogen-bond acceptors (Lipinski definition) is 3. The number of nitrogens with one attached hydrogen (secondary N) is 1. The van der Waals surface area contributed by atoms with Gasteiger partial charge in [0.05, 0.1) is 5.75 Å². The second-order valence-corrected chi connectivity index (χ2v) is 8.88. The van der Waals surface area contributed by atoms with Crippen molar-refractivity contribution >= 4 is 46.8 Å². The summed E-state index contributed by atoms with van der Waals surface area (Å²) in [5, 5.41) is 3.85. The monoisotopic (exact) mass is 466 g/mol. The van der Waals surface area contributed by atoms with Crippen molar-refractivity contribution in [2.24, 2.45) is 0 Å². The standard InChI is InChI=1S/C23H28Cl2N2O2S/c1-4-21(23(29)26-5-2)27(13-18-10-11-19(24)12-20(18)25)22(28)15-30-14-17-8-6-16(3)7-9-17/h6-12,21H,4-5,13-15H2,1-3H3,(H,26,29). The third-order valence-electron chi connectivity index (χ3n) is 4.71. The van der Waals surface area contributed by atoms with Crippen LogP contribution in [-0.4, -0.2) is 35.1 Å². The lowest BCUT2D eigenvalue weighted by atomic mass is 10.1. The number of amides is 2. The second kappa shape index (κ2) is 12.2. The molecule has 0 aromatic heterocycles. The zero-order valence-electron chi connectivity index (χ0n) is 17.6. The summed E-state index contributed by atoms with van der Waals surface area (Å²) in [4.78, 5) is 27.4. The fourth-order valence-electron chi connectivity index (χ4n) is 3.07. The highest BCUT2D eigenvalue weighted by Crippen LogP contribution is 2.24. The molecule has 0 saturated heterocycles. The first-order valence-electron chi connectivity index (χ1n) is 10.00. The minimum atomic E-state index is -0.552. The Labute approximate surface area is 193 Å². The first kappa shape index (κ1) is 24.6. The Kier molecular flexibility index (Phi) is 10.0. The van der Waals surface area contributed by atoms with Crippen molar-refractivity contribution < 1.29 is 9.59 Å². The SMILES string of the molecule is CCNC(=O)C(CC)N(Cc1ccc(Cl)cc1Cl)C(=O)CSCc1ccc(C)cc1. The van der Waals surface area contributed by atoms with Gasteiger partial charge in [0.15, 0.2) is 0 Å². The number of carbonyl (C=O) groups excluding carboxylic acids is 2. The number of aryl methyl sites for hydroxylation is 1. The summed E-state index contributed by atoms with van der Waals surface area (Å²) in [6.45, 7) is 6.59. The van der Waals surface area contributed by atoms with Crippen LogP contribution in [0.1, 0.15) is 37.0 Å². The fraction of sp³-hybridized carbons (Fsp3) is 0.391. The van der Waals surface area contributed by atoms with Gasteiger partial charge < -0.3 is 10.2 Å². The van der Waals surface area contributed by atoms with Crippen molar-refractivity contribution in [3.05, 3.63) is 69.2 Å². The molecule has 2 aromatic carbocycles. The number of benzene rings is 2. The maximum absolute atomic E-state index is 13.1. The number of carbonyl (C=O) groups is 2. The van der Waals surface area contributed by atoms with Gasteiger partial charge in [0.2, 0.25) is 11.8 Å². The van der Waals surface area contributed by atoms with E-state index in [1.807, 2.05) is 20.8 Å². The van der Waals surface area contributed by atoms with E-state index in [9.17, 15) is 9.59 Å². The highest BCUT2D eigenvalue weighted by molar-refractivity contribution is 7.99. The van der Waals surface area contributed by atoms with Crippen molar-refractivity contribution in [3.8, 4) is 0 Å². The molecule has 162 valence electrons. The van der Waals surface area contributed by atoms with Crippen molar-refractivity contribution in [1.82, 2.24) is 10.2 Å². The van der Waals surface area contributed by atoms with E-state index in [-0.39, 0.29) is 24.1 Å². The average molecular weight is 467 g/mol. The van der Waals surface area contributed by atoms with Crippen LogP contribution in [0.4, 0.5) is 0 Å². The molecule has 0 aliphatic rings. The van der Waals surface area contributed by atoms with Crippen LogP contribution < -0.4 is 5.32 Å². The van der Waals surface area contributed by atoms with E-state index in [1.54, 1.807) is 34.9 Å². The van der Waals surface area contributed by atoms with Gasteiger partial charge in [0, 0.05) is 28.9 Å². The molecule has 7 heteroatoms. The molecular formula is C23H28Cl2N2O2S. The zero-order chi connectivity index (χ0) is 22.1. The minimum absolute atomic E-state index is 0.0868. The van der Waals surface area contributed by atoms with Gasteiger partial charge in [-0.1, -0.05) is 66.0 Å². The molecule has 0 heterocycles. The van der Waals surface area contributed by atoms with Crippen molar-refractivity contribution in [3.63, 3.8) is 0 Å². The highest BCUT2D eigenvalue weighted by Gasteiger charge is 2.28.